The first-order valence-electron chi connectivity index (χ1n) is 17.5. The second-order valence-electron chi connectivity index (χ2n) is 13.5. The van der Waals surface area contributed by atoms with Gasteiger partial charge in [-0.15, -0.1) is 11.3 Å². The van der Waals surface area contributed by atoms with Crippen LogP contribution in [-0.4, -0.2) is 69.4 Å². The van der Waals surface area contributed by atoms with Gasteiger partial charge in [0.15, 0.2) is 0 Å². The molecule has 5 rings (SSSR count). The number of thiophene rings is 1. The van der Waals surface area contributed by atoms with Crippen LogP contribution in [0.1, 0.15) is 76.2 Å². The smallest absolute Gasteiger partial charge is 0.322 e. The van der Waals surface area contributed by atoms with E-state index in [2.05, 4.69) is 46.5 Å². The number of pyridine rings is 1. The molecule has 16 heteroatoms. The summed E-state index contributed by atoms with van der Waals surface area (Å²) in [5.41, 5.74) is 0.721. The van der Waals surface area contributed by atoms with Crippen LogP contribution in [0.4, 0.5) is 5.82 Å². The van der Waals surface area contributed by atoms with E-state index in [1.807, 2.05) is 6.07 Å². The molecule has 2 aromatic heterocycles. The molecule has 2 N–H and O–H groups in total. The third kappa shape index (κ3) is 11.2. The van der Waals surface area contributed by atoms with Crippen LogP contribution in [0.15, 0.2) is 66.7 Å². The average molecular weight is 909 g/mol. The molecule has 51 heavy (non-hydrogen) atoms. The highest BCUT2D eigenvalue weighted by Gasteiger charge is 2.31. The molecule has 1 atom stereocenters. The van der Waals surface area contributed by atoms with Crippen LogP contribution < -0.4 is 9.62 Å². The van der Waals surface area contributed by atoms with Crippen molar-refractivity contribution in [2.45, 2.75) is 92.2 Å². The lowest BCUT2D eigenvalue weighted by Gasteiger charge is -2.33. The summed E-state index contributed by atoms with van der Waals surface area (Å²) in [6.45, 7) is 2.83. The van der Waals surface area contributed by atoms with Crippen LogP contribution in [0.3, 0.4) is 0 Å². The molecule has 3 aromatic rings. The fourth-order valence-electron chi connectivity index (χ4n) is 6.93. The molecule has 280 valence electrons. The lowest BCUT2D eigenvalue weighted by atomic mass is 9.90. The number of hydrogen-bond acceptors (Lipinski definition) is 8. The van der Waals surface area contributed by atoms with Crippen LogP contribution in [0, 0.1) is 11.8 Å². The molecule has 0 spiro atoms. The van der Waals surface area contributed by atoms with Gasteiger partial charge < -0.3 is 10.0 Å². The predicted octanol–water partition coefficient (Wildman–Crippen LogP) is 8.34. The van der Waals surface area contributed by atoms with Gasteiger partial charge in [0.1, 0.15) is 25.3 Å². The Morgan fingerprint density at radius 2 is 1.49 bits per heavy atom. The van der Waals surface area contributed by atoms with Crippen molar-refractivity contribution in [1.29, 1.82) is 0 Å². The fourth-order valence-corrected chi connectivity index (χ4v) is 12.8. The number of aliphatic carboxylic acids is 1. The number of nitrogens with one attached hydrogen (secondary N) is 1. The van der Waals surface area contributed by atoms with Gasteiger partial charge in [0.05, 0.1) is 4.47 Å². The van der Waals surface area contributed by atoms with Crippen molar-refractivity contribution in [2.75, 3.05) is 31.1 Å². The molecule has 2 aliphatic heterocycles. The fraction of sp³-hybridized carbons (Fsp3) is 0.543. The molecule has 2 fully saturated rings. The van der Waals surface area contributed by atoms with E-state index in [-0.39, 0.29) is 11.3 Å². The van der Waals surface area contributed by atoms with Crippen LogP contribution in [0.2, 0.25) is 4.34 Å². The topological polar surface area (TPSA) is 137 Å². The molecule has 0 saturated carbocycles. The lowest BCUT2D eigenvalue weighted by molar-refractivity contribution is -0.138. The van der Waals surface area contributed by atoms with Gasteiger partial charge in [0.25, 0.3) is 10.0 Å². The van der Waals surface area contributed by atoms with E-state index in [4.69, 9.17) is 11.6 Å². The van der Waals surface area contributed by atoms with Crippen molar-refractivity contribution in [3.8, 4) is 0 Å². The van der Waals surface area contributed by atoms with E-state index in [1.165, 1.54) is 50.8 Å². The minimum absolute atomic E-state index is 0.0286. The maximum Gasteiger partial charge on any atom is 0.322 e. The minimum atomic E-state index is -4.11. The zero-order chi connectivity index (χ0) is 36.6. The van der Waals surface area contributed by atoms with E-state index in [9.17, 15) is 26.7 Å². The molecule has 4 heterocycles. The third-order valence-electron chi connectivity index (χ3n) is 9.91. The van der Waals surface area contributed by atoms with Crippen molar-refractivity contribution < 1.29 is 26.7 Å². The summed E-state index contributed by atoms with van der Waals surface area (Å²) in [6, 6.07) is 10.7. The summed E-state index contributed by atoms with van der Waals surface area (Å²) in [6.07, 6.45) is 13.7. The maximum absolute atomic E-state index is 13.1. The standard InChI is InChI=1S/C35H45Br2ClN4O6S3/c36-29-23-32(49-33(29)38)51(47,48)42-19-15-26(16-20-42)10-6-3-1-2-5-9-25-13-17-41(18-14-25)34-30(37)22-28(24-39-34)50(45,46)40-31(35(43)44)21-27-11-7-4-8-12-27/h4,7-8,11-12,22-26,31,40H,1-3,5-6,9-10,13-21H2,(H,43,44)/t31-/m0/s1. The summed E-state index contributed by atoms with van der Waals surface area (Å²) in [7, 11) is -7.59. The maximum atomic E-state index is 13.1. The number of piperidine rings is 2. The van der Waals surface area contributed by atoms with E-state index in [1.54, 1.807) is 34.6 Å². The monoisotopic (exact) mass is 906 g/mol. The van der Waals surface area contributed by atoms with E-state index in [0.717, 1.165) is 62.1 Å². The number of halogens is 3. The summed E-state index contributed by atoms with van der Waals surface area (Å²) < 4.78 is 58.0. The molecule has 0 bridgehead atoms. The molecule has 2 saturated heterocycles. The van der Waals surface area contributed by atoms with Crippen molar-refractivity contribution >= 4 is 86.6 Å². The molecule has 10 nitrogen and oxygen atoms in total. The first kappa shape index (κ1) is 40.6. The van der Waals surface area contributed by atoms with Gasteiger partial charge in [-0.25, -0.2) is 21.8 Å². The average Bonchev–Trinajstić information content (AvgIpc) is 3.46. The van der Waals surface area contributed by atoms with Crippen molar-refractivity contribution in [1.82, 2.24) is 14.0 Å². The number of aromatic nitrogens is 1. The van der Waals surface area contributed by atoms with Crippen molar-refractivity contribution in [2.24, 2.45) is 11.8 Å². The van der Waals surface area contributed by atoms with Crippen LogP contribution >= 0.6 is 54.8 Å². The number of hydrogen-bond donors (Lipinski definition) is 2. The summed E-state index contributed by atoms with van der Waals surface area (Å²) in [4.78, 5) is 18.4. The number of benzene rings is 1. The van der Waals surface area contributed by atoms with E-state index >= 15 is 0 Å². The van der Waals surface area contributed by atoms with Gasteiger partial charge in [-0.05, 0) is 93.5 Å². The second kappa shape index (κ2) is 18.6. The number of carboxylic acids is 1. The quantitative estimate of drug-likeness (QED) is 0.129. The Labute approximate surface area is 327 Å². The Hall–Kier alpha value is -1.59. The number of sulfonamides is 2. The van der Waals surface area contributed by atoms with E-state index in [0.29, 0.717) is 48.2 Å². The SMILES string of the molecule is O=C(O)[C@H](Cc1ccccc1)NS(=O)(=O)c1cnc(N2CCC(CCCCCCCC3CCN(S(=O)(=O)c4cc(Br)c(Cl)s4)CC3)CC2)c(Br)c1. The van der Waals surface area contributed by atoms with Crippen LogP contribution in [0.25, 0.3) is 0 Å². The Balaban J connectivity index is 0.964. The molecular weight excluding hydrogens is 864 g/mol. The van der Waals surface area contributed by atoms with Crippen molar-refractivity contribution in [3.63, 3.8) is 0 Å². The highest BCUT2D eigenvalue weighted by molar-refractivity contribution is 9.11. The number of anilines is 1. The van der Waals surface area contributed by atoms with Crippen molar-refractivity contribution in [3.05, 3.63) is 67.5 Å². The second-order valence-corrected chi connectivity index (χ2v) is 20.7. The van der Waals surface area contributed by atoms with Gasteiger partial charge in [-0.3, -0.25) is 4.79 Å². The Morgan fingerprint density at radius 3 is 2.04 bits per heavy atom. The Kier molecular flexibility index (Phi) is 14.8. The van der Waals surface area contributed by atoms with Crippen LogP contribution in [-0.2, 0) is 31.3 Å². The first-order valence-corrected chi connectivity index (χ1v) is 23.2. The largest absolute Gasteiger partial charge is 0.480 e. The zero-order valence-corrected chi connectivity index (χ0v) is 34.7. The highest BCUT2D eigenvalue weighted by atomic mass is 79.9. The molecule has 1 aromatic carbocycles. The van der Waals surface area contributed by atoms with Gasteiger partial charge in [-0.1, -0.05) is 86.9 Å². The van der Waals surface area contributed by atoms with Gasteiger partial charge in [0.2, 0.25) is 10.0 Å². The molecule has 0 radical (unpaired) electrons. The predicted molar refractivity (Wildman–Crippen MR) is 210 cm³/mol. The summed E-state index contributed by atoms with van der Waals surface area (Å²) >= 11 is 14.0. The number of rotatable bonds is 17. The number of unbranched alkanes of at least 4 members (excludes halogenated alkanes) is 4. The number of nitrogens with zero attached hydrogens (tertiary/aromatic N) is 3. The highest BCUT2D eigenvalue weighted by Crippen LogP contribution is 2.37. The molecule has 0 amide bonds. The molecular formula is C35H45Br2ClN4O6S3. The zero-order valence-electron chi connectivity index (χ0n) is 28.4. The summed E-state index contributed by atoms with van der Waals surface area (Å²) in [5.74, 6) is 0.694. The normalized spacial score (nSPS) is 17.5. The van der Waals surface area contributed by atoms with Gasteiger partial charge >= 0.3 is 5.97 Å². The minimum Gasteiger partial charge on any atom is -0.480 e. The molecule has 0 unspecified atom stereocenters. The number of carboxylic acid groups (broad SMARTS) is 1. The van der Waals surface area contributed by atoms with E-state index < -0.39 is 32.1 Å². The van der Waals surface area contributed by atoms with Crippen LogP contribution in [0.5, 0.6) is 0 Å². The molecule has 2 aliphatic rings. The summed E-state index contributed by atoms with van der Waals surface area (Å²) in [5, 5.41) is 9.66. The molecule has 0 aliphatic carbocycles. The van der Waals surface area contributed by atoms with Gasteiger partial charge in [-0.2, -0.15) is 9.03 Å². The lowest BCUT2D eigenvalue weighted by Crippen LogP contribution is -2.42. The van der Waals surface area contributed by atoms with Gasteiger partial charge in [0, 0.05) is 36.8 Å². The first-order chi connectivity index (χ1) is 24.3. The third-order valence-corrected chi connectivity index (χ3v) is 16.8. The Morgan fingerprint density at radius 1 is 0.902 bits per heavy atom. The Bertz CT molecular complexity index is 1810. The number of carbonyl (C=O) groups is 1.